The normalized spacial score (nSPS) is 18.2. The van der Waals surface area contributed by atoms with Crippen molar-refractivity contribution in [3.63, 3.8) is 0 Å². The summed E-state index contributed by atoms with van der Waals surface area (Å²) in [5, 5.41) is 0. The Hall–Kier alpha value is -1.62. The van der Waals surface area contributed by atoms with E-state index in [-0.39, 0.29) is 12.0 Å². The Kier molecular flexibility index (Phi) is 4.95. The Morgan fingerprint density at radius 1 is 1.55 bits per heavy atom. The molecule has 0 aliphatic carbocycles. The summed E-state index contributed by atoms with van der Waals surface area (Å²) in [6.45, 7) is 3.51. The van der Waals surface area contributed by atoms with Crippen LogP contribution in [0.1, 0.15) is 42.2 Å². The minimum atomic E-state index is -0.0213. The smallest absolute Gasteiger partial charge is 0.253 e. The van der Waals surface area contributed by atoms with Crippen LogP contribution in [0.2, 0.25) is 0 Å². The van der Waals surface area contributed by atoms with Gasteiger partial charge in [0, 0.05) is 31.5 Å². The molecule has 20 heavy (non-hydrogen) atoms. The standard InChI is InChI=1S/C15H23N3O2/c1-3-5-12-8-11(9-14(16)17-12)15(19)18(2)10-13-6-4-7-20-13/h8-9,13H,3-7,10H2,1-2H3,(H2,16,17). The lowest BCUT2D eigenvalue weighted by Gasteiger charge is -2.21. The van der Waals surface area contributed by atoms with Crippen molar-refractivity contribution in [2.75, 3.05) is 25.9 Å². The molecule has 110 valence electrons. The first-order chi connectivity index (χ1) is 9.60. The number of aromatic nitrogens is 1. The molecule has 1 aliphatic heterocycles. The molecule has 5 heteroatoms. The first-order valence-corrected chi connectivity index (χ1v) is 7.23. The number of pyridine rings is 1. The van der Waals surface area contributed by atoms with Gasteiger partial charge in [0.1, 0.15) is 5.82 Å². The van der Waals surface area contributed by atoms with E-state index >= 15 is 0 Å². The summed E-state index contributed by atoms with van der Waals surface area (Å²) in [5.41, 5.74) is 7.27. The summed E-state index contributed by atoms with van der Waals surface area (Å²) >= 11 is 0. The molecule has 0 radical (unpaired) electrons. The molecular formula is C15H23N3O2. The van der Waals surface area contributed by atoms with Crippen LogP contribution in [-0.4, -0.2) is 42.1 Å². The van der Waals surface area contributed by atoms with Crippen LogP contribution in [-0.2, 0) is 11.2 Å². The van der Waals surface area contributed by atoms with Crippen LogP contribution in [0.5, 0.6) is 0 Å². The quantitative estimate of drug-likeness (QED) is 0.892. The summed E-state index contributed by atoms with van der Waals surface area (Å²) in [5.74, 6) is 0.386. The van der Waals surface area contributed by atoms with Crippen LogP contribution in [0, 0.1) is 0 Å². The van der Waals surface area contributed by atoms with Gasteiger partial charge in [-0.15, -0.1) is 0 Å². The van der Waals surface area contributed by atoms with Gasteiger partial charge in [0.25, 0.3) is 5.91 Å². The number of rotatable bonds is 5. The second-order valence-electron chi connectivity index (χ2n) is 5.34. The Morgan fingerprint density at radius 3 is 3.00 bits per heavy atom. The van der Waals surface area contributed by atoms with Crippen molar-refractivity contribution in [3.05, 3.63) is 23.4 Å². The average Bonchev–Trinajstić information content (AvgIpc) is 2.90. The van der Waals surface area contributed by atoms with Crippen molar-refractivity contribution < 1.29 is 9.53 Å². The van der Waals surface area contributed by atoms with Crippen LogP contribution in [0.25, 0.3) is 0 Å². The van der Waals surface area contributed by atoms with Crippen molar-refractivity contribution in [2.24, 2.45) is 0 Å². The van der Waals surface area contributed by atoms with Gasteiger partial charge in [-0.1, -0.05) is 13.3 Å². The predicted molar refractivity (Wildman–Crippen MR) is 78.6 cm³/mol. The lowest BCUT2D eigenvalue weighted by Crippen LogP contribution is -2.34. The molecule has 1 aromatic rings. The molecule has 0 spiro atoms. The molecule has 1 saturated heterocycles. The molecular weight excluding hydrogens is 254 g/mol. The van der Waals surface area contributed by atoms with E-state index in [0.29, 0.717) is 17.9 Å². The van der Waals surface area contributed by atoms with Gasteiger partial charge in [0.05, 0.1) is 6.10 Å². The van der Waals surface area contributed by atoms with Crippen molar-refractivity contribution in [2.45, 2.75) is 38.7 Å². The fourth-order valence-corrected chi connectivity index (χ4v) is 2.52. The Morgan fingerprint density at radius 2 is 2.35 bits per heavy atom. The van der Waals surface area contributed by atoms with E-state index in [1.807, 2.05) is 6.07 Å². The van der Waals surface area contributed by atoms with E-state index < -0.39 is 0 Å². The highest BCUT2D eigenvalue weighted by atomic mass is 16.5. The van der Waals surface area contributed by atoms with E-state index in [1.165, 1.54) is 0 Å². The van der Waals surface area contributed by atoms with Crippen molar-refractivity contribution >= 4 is 11.7 Å². The number of aryl methyl sites for hydroxylation is 1. The number of nitrogens with zero attached hydrogens (tertiary/aromatic N) is 2. The summed E-state index contributed by atoms with van der Waals surface area (Å²) in [4.78, 5) is 18.4. The minimum Gasteiger partial charge on any atom is -0.384 e. The van der Waals surface area contributed by atoms with Gasteiger partial charge in [-0.2, -0.15) is 0 Å². The third-order valence-electron chi connectivity index (χ3n) is 3.50. The third-order valence-corrected chi connectivity index (χ3v) is 3.50. The van der Waals surface area contributed by atoms with Crippen LogP contribution in [0.15, 0.2) is 12.1 Å². The highest BCUT2D eigenvalue weighted by Crippen LogP contribution is 2.15. The molecule has 0 aromatic carbocycles. The fraction of sp³-hybridized carbons (Fsp3) is 0.600. The number of ether oxygens (including phenoxy) is 1. The van der Waals surface area contributed by atoms with Gasteiger partial charge < -0.3 is 15.4 Å². The van der Waals surface area contributed by atoms with Gasteiger partial charge >= 0.3 is 0 Å². The number of nitrogen functional groups attached to an aromatic ring is 1. The lowest BCUT2D eigenvalue weighted by atomic mass is 10.1. The maximum atomic E-state index is 12.4. The van der Waals surface area contributed by atoms with Crippen molar-refractivity contribution in [1.29, 1.82) is 0 Å². The average molecular weight is 277 g/mol. The predicted octanol–water partition coefficient (Wildman–Crippen LogP) is 1.87. The van der Waals surface area contributed by atoms with E-state index in [9.17, 15) is 4.79 Å². The topological polar surface area (TPSA) is 68.5 Å². The molecule has 1 amide bonds. The van der Waals surface area contributed by atoms with E-state index in [0.717, 1.165) is 38.0 Å². The number of likely N-dealkylation sites (N-methyl/N-ethyl adjacent to an activating group) is 1. The number of nitrogens with two attached hydrogens (primary N) is 1. The van der Waals surface area contributed by atoms with Gasteiger partial charge in [-0.25, -0.2) is 4.98 Å². The number of hydrogen-bond acceptors (Lipinski definition) is 4. The second-order valence-corrected chi connectivity index (χ2v) is 5.34. The molecule has 1 fully saturated rings. The Labute approximate surface area is 120 Å². The Balaban J connectivity index is 2.06. The van der Waals surface area contributed by atoms with Gasteiger partial charge in [-0.05, 0) is 31.4 Å². The van der Waals surface area contributed by atoms with Crippen LogP contribution < -0.4 is 5.73 Å². The molecule has 1 atom stereocenters. The van der Waals surface area contributed by atoms with Crippen LogP contribution in [0.3, 0.4) is 0 Å². The fourth-order valence-electron chi connectivity index (χ4n) is 2.52. The van der Waals surface area contributed by atoms with E-state index in [2.05, 4.69) is 11.9 Å². The van der Waals surface area contributed by atoms with Gasteiger partial charge in [-0.3, -0.25) is 4.79 Å². The van der Waals surface area contributed by atoms with Crippen LogP contribution in [0.4, 0.5) is 5.82 Å². The van der Waals surface area contributed by atoms with Crippen molar-refractivity contribution in [3.8, 4) is 0 Å². The summed E-state index contributed by atoms with van der Waals surface area (Å²) < 4.78 is 5.56. The molecule has 1 unspecified atom stereocenters. The molecule has 2 N–H and O–H groups in total. The monoisotopic (exact) mass is 277 g/mol. The highest BCUT2D eigenvalue weighted by molar-refractivity contribution is 5.94. The number of carbonyl (C=O) groups excluding carboxylic acids is 1. The molecule has 0 bridgehead atoms. The number of carbonyl (C=O) groups is 1. The summed E-state index contributed by atoms with van der Waals surface area (Å²) in [6, 6.07) is 3.49. The molecule has 2 rings (SSSR count). The van der Waals surface area contributed by atoms with E-state index in [4.69, 9.17) is 10.5 Å². The first kappa shape index (κ1) is 14.8. The largest absolute Gasteiger partial charge is 0.384 e. The number of anilines is 1. The molecule has 1 aromatic heterocycles. The number of amides is 1. The molecule has 0 saturated carbocycles. The SMILES string of the molecule is CCCc1cc(C(=O)N(C)CC2CCCO2)cc(N)n1. The first-order valence-electron chi connectivity index (χ1n) is 7.23. The maximum Gasteiger partial charge on any atom is 0.253 e. The second kappa shape index (κ2) is 6.70. The zero-order chi connectivity index (χ0) is 14.5. The number of hydrogen-bond donors (Lipinski definition) is 1. The minimum absolute atomic E-state index is 0.0213. The van der Waals surface area contributed by atoms with Crippen molar-refractivity contribution in [1.82, 2.24) is 9.88 Å². The summed E-state index contributed by atoms with van der Waals surface area (Å²) in [7, 11) is 1.81. The zero-order valence-electron chi connectivity index (χ0n) is 12.3. The lowest BCUT2D eigenvalue weighted by molar-refractivity contribution is 0.0587. The third kappa shape index (κ3) is 3.70. The molecule has 2 heterocycles. The van der Waals surface area contributed by atoms with Gasteiger partial charge in [0.15, 0.2) is 0 Å². The molecule has 1 aliphatic rings. The summed E-state index contributed by atoms with van der Waals surface area (Å²) in [6.07, 6.45) is 4.09. The molecule has 5 nitrogen and oxygen atoms in total. The van der Waals surface area contributed by atoms with Gasteiger partial charge in [0.2, 0.25) is 0 Å². The zero-order valence-corrected chi connectivity index (χ0v) is 12.3. The maximum absolute atomic E-state index is 12.4. The van der Waals surface area contributed by atoms with E-state index in [1.54, 1.807) is 18.0 Å². The van der Waals surface area contributed by atoms with Crippen LogP contribution >= 0.6 is 0 Å². The highest BCUT2D eigenvalue weighted by Gasteiger charge is 2.21. The Bertz CT molecular complexity index is 470.